The number of ketones is 1. The number of sulfonamides is 1. The van der Waals surface area contributed by atoms with Crippen LogP contribution in [-0.2, 0) is 17.1 Å². The molecule has 28 heavy (non-hydrogen) atoms. The minimum absolute atomic E-state index is 0.215. The third kappa shape index (κ3) is 3.93. The Balaban J connectivity index is 1.76. The van der Waals surface area contributed by atoms with Gasteiger partial charge < -0.3 is 4.57 Å². The SMILES string of the molecule is Cc1c(/C=C/C(=O)c2ccc(S(=O)(=O)N3CCCCC3)cc2)cc(C#N)n1C. The van der Waals surface area contributed by atoms with E-state index in [2.05, 4.69) is 6.07 Å². The lowest BCUT2D eigenvalue weighted by molar-refractivity contribution is 0.104. The molecular formula is C21H23N3O3S. The van der Waals surface area contributed by atoms with Crippen molar-refractivity contribution < 1.29 is 13.2 Å². The number of carbonyl (C=O) groups is 1. The highest BCUT2D eigenvalue weighted by molar-refractivity contribution is 7.89. The summed E-state index contributed by atoms with van der Waals surface area (Å²) in [5.74, 6) is -0.219. The molecule has 7 heteroatoms. The van der Waals surface area contributed by atoms with Crippen LogP contribution in [0.4, 0.5) is 0 Å². The van der Waals surface area contributed by atoms with Crippen LogP contribution in [0.3, 0.4) is 0 Å². The second-order valence-electron chi connectivity index (χ2n) is 6.93. The molecule has 1 aromatic heterocycles. The van der Waals surface area contributed by atoms with Gasteiger partial charge in [0.25, 0.3) is 0 Å². The fourth-order valence-corrected chi connectivity index (χ4v) is 4.82. The van der Waals surface area contributed by atoms with Gasteiger partial charge in [0.2, 0.25) is 10.0 Å². The molecular weight excluding hydrogens is 374 g/mol. The molecule has 1 fully saturated rings. The van der Waals surface area contributed by atoms with E-state index < -0.39 is 10.0 Å². The number of allylic oxidation sites excluding steroid dienone is 1. The number of carbonyl (C=O) groups excluding carboxylic acids is 1. The first-order chi connectivity index (χ1) is 13.3. The second kappa shape index (κ2) is 8.13. The highest BCUT2D eigenvalue weighted by atomic mass is 32.2. The van der Waals surface area contributed by atoms with Crippen LogP contribution in [0, 0.1) is 18.3 Å². The predicted octanol–water partition coefficient (Wildman–Crippen LogP) is 3.28. The van der Waals surface area contributed by atoms with Crippen LogP contribution in [0.15, 0.2) is 41.3 Å². The third-order valence-electron chi connectivity index (χ3n) is 5.19. The first-order valence-electron chi connectivity index (χ1n) is 9.23. The predicted molar refractivity (Wildman–Crippen MR) is 107 cm³/mol. The van der Waals surface area contributed by atoms with E-state index in [4.69, 9.17) is 5.26 Å². The number of hydrogen-bond donors (Lipinski definition) is 0. The highest BCUT2D eigenvalue weighted by Gasteiger charge is 2.25. The average Bonchev–Trinajstić information content (AvgIpc) is 3.00. The van der Waals surface area contributed by atoms with E-state index in [9.17, 15) is 13.2 Å². The van der Waals surface area contributed by atoms with E-state index in [1.165, 1.54) is 22.5 Å². The zero-order valence-corrected chi connectivity index (χ0v) is 16.9. The Hall–Kier alpha value is -2.69. The van der Waals surface area contributed by atoms with E-state index in [0.29, 0.717) is 24.3 Å². The first kappa shape index (κ1) is 20.1. The fourth-order valence-electron chi connectivity index (χ4n) is 3.31. The van der Waals surface area contributed by atoms with Crippen LogP contribution in [0.2, 0.25) is 0 Å². The smallest absolute Gasteiger partial charge is 0.243 e. The Labute approximate surface area is 165 Å². The summed E-state index contributed by atoms with van der Waals surface area (Å²) in [6, 6.07) is 9.91. The summed E-state index contributed by atoms with van der Waals surface area (Å²) in [5.41, 5.74) is 2.64. The summed E-state index contributed by atoms with van der Waals surface area (Å²) in [4.78, 5) is 12.7. The summed E-state index contributed by atoms with van der Waals surface area (Å²) in [5, 5.41) is 9.08. The van der Waals surface area contributed by atoms with E-state index in [1.54, 1.807) is 35.9 Å². The van der Waals surface area contributed by atoms with Crippen molar-refractivity contribution in [3.8, 4) is 6.07 Å². The fraction of sp³-hybridized carbons (Fsp3) is 0.333. The number of rotatable bonds is 5. The monoisotopic (exact) mass is 397 g/mol. The van der Waals surface area contributed by atoms with Crippen molar-refractivity contribution in [1.29, 1.82) is 5.26 Å². The number of nitrogens with zero attached hydrogens (tertiary/aromatic N) is 3. The molecule has 1 aromatic carbocycles. The zero-order chi connectivity index (χ0) is 20.3. The van der Waals surface area contributed by atoms with Crippen molar-refractivity contribution in [1.82, 2.24) is 8.87 Å². The van der Waals surface area contributed by atoms with Gasteiger partial charge in [0, 0.05) is 31.4 Å². The molecule has 1 saturated heterocycles. The van der Waals surface area contributed by atoms with Gasteiger partial charge in [-0.3, -0.25) is 4.79 Å². The van der Waals surface area contributed by atoms with E-state index in [-0.39, 0.29) is 10.7 Å². The van der Waals surface area contributed by atoms with Crippen molar-refractivity contribution in [2.24, 2.45) is 7.05 Å². The highest BCUT2D eigenvalue weighted by Crippen LogP contribution is 2.21. The van der Waals surface area contributed by atoms with Gasteiger partial charge >= 0.3 is 0 Å². The minimum Gasteiger partial charge on any atom is -0.339 e. The van der Waals surface area contributed by atoms with Crippen LogP contribution in [-0.4, -0.2) is 36.2 Å². The Kier molecular flexibility index (Phi) is 5.82. The number of benzene rings is 1. The van der Waals surface area contributed by atoms with Gasteiger partial charge in [-0.1, -0.05) is 6.42 Å². The number of nitriles is 1. The molecule has 2 aromatic rings. The maximum Gasteiger partial charge on any atom is 0.243 e. The number of aromatic nitrogens is 1. The Bertz CT molecular complexity index is 1050. The molecule has 3 rings (SSSR count). The number of piperidine rings is 1. The second-order valence-corrected chi connectivity index (χ2v) is 8.87. The summed E-state index contributed by atoms with van der Waals surface area (Å²) in [6.45, 7) is 2.98. The molecule has 0 amide bonds. The van der Waals surface area contributed by atoms with Crippen molar-refractivity contribution in [2.45, 2.75) is 31.1 Å². The van der Waals surface area contributed by atoms with Gasteiger partial charge in [-0.15, -0.1) is 0 Å². The molecule has 0 radical (unpaired) electrons. The van der Waals surface area contributed by atoms with Gasteiger partial charge in [-0.2, -0.15) is 9.57 Å². The molecule has 0 aliphatic carbocycles. The zero-order valence-electron chi connectivity index (χ0n) is 16.1. The minimum atomic E-state index is -3.50. The molecule has 1 aliphatic rings. The maximum atomic E-state index is 12.7. The van der Waals surface area contributed by atoms with Crippen LogP contribution in [0.5, 0.6) is 0 Å². The Morgan fingerprint density at radius 1 is 1.14 bits per heavy atom. The Morgan fingerprint density at radius 2 is 1.79 bits per heavy atom. The van der Waals surface area contributed by atoms with Gasteiger partial charge in [0.05, 0.1) is 4.90 Å². The standard InChI is InChI=1S/C21H23N3O3S/c1-16-18(14-19(15-22)23(16)2)8-11-21(25)17-6-9-20(10-7-17)28(26,27)24-12-4-3-5-13-24/h6-11,14H,3-5,12-13H2,1-2H3/b11-8+. The third-order valence-corrected chi connectivity index (χ3v) is 7.11. The molecule has 0 atom stereocenters. The molecule has 0 saturated carbocycles. The molecule has 146 valence electrons. The average molecular weight is 398 g/mol. The van der Waals surface area contributed by atoms with Crippen LogP contribution in [0.1, 0.15) is 46.6 Å². The normalized spacial score (nSPS) is 15.6. The van der Waals surface area contributed by atoms with Crippen molar-refractivity contribution >= 4 is 21.9 Å². The first-order valence-corrected chi connectivity index (χ1v) is 10.7. The van der Waals surface area contributed by atoms with E-state index in [0.717, 1.165) is 30.5 Å². The number of hydrogen-bond acceptors (Lipinski definition) is 4. The largest absolute Gasteiger partial charge is 0.339 e. The van der Waals surface area contributed by atoms with Crippen LogP contribution < -0.4 is 0 Å². The van der Waals surface area contributed by atoms with Crippen LogP contribution >= 0.6 is 0 Å². The summed E-state index contributed by atoms with van der Waals surface area (Å²) >= 11 is 0. The Morgan fingerprint density at radius 3 is 2.36 bits per heavy atom. The summed E-state index contributed by atoms with van der Waals surface area (Å²) in [7, 11) is -1.70. The lowest BCUT2D eigenvalue weighted by atomic mass is 10.1. The lowest BCUT2D eigenvalue weighted by Gasteiger charge is -2.25. The van der Waals surface area contributed by atoms with Crippen molar-refractivity contribution in [2.75, 3.05) is 13.1 Å². The molecule has 0 N–H and O–H groups in total. The maximum absolute atomic E-state index is 12.7. The van der Waals surface area contributed by atoms with Crippen molar-refractivity contribution in [3.05, 3.63) is 58.9 Å². The lowest BCUT2D eigenvalue weighted by Crippen LogP contribution is -2.35. The van der Waals surface area contributed by atoms with Gasteiger partial charge in [-0.05, 0) is 67.8 Å². The van der Waals surface area contributed by atoms with E-state index >= 15 is 0 Å². The van der Waals surface area contributed by atoms with Gasteiger partial charge in [0.1, 0.15) is 11.8 Å². The topological polar surface area (TPSA) is 83.2 Å². The van der Waals surface area contributed by atoms with Crippen LogP contribution in [0.25, 0.3) is 6.08 Å². The quantitative estimate of drug-likeness (QED) is 0.573. The van der Waals surface area contributed by atoms with E-state index in [1.807, 2.05) is 6.92 Å². The molecule has 0 spiro atoms. The summed E-state index contributed by atoms with van der Waals surface area (Å²) < 4.78 is 28.6. The summed E-state index contributed by atoms with van der Waals surface area (Å²) in [6.07, 6.45) is 5.94. The van der Waals surface area contributed by atoms with Gasteiger partial charge in [0.15, 0.2) is 5.78 Å². The molecule has 0 bridgehead atoms. The van der Waals surface area contributed by atoms with Crippen molar-refractivity contribution in [3.63, 3.8) is 0 Å². The molecule has 6 nitrogen and oxygen atoms in total. The molecule has 2 heterocycles. The molecule has 0 unspecified atom stereocenters. The molecule has 1 aliphatic heterocycles. The van der Waals surface area contributed by atoms with Gasteiger partial charge in [-0.25, -0.2) is 8.42 Å².